The molecule has 3 fully saturated rings. The monoisotopic (exact) mass is 545 g/mol. The Hall–Kier alpha value is -2.53. The van der Waals surface area contributed by atoms with Crippen LogP contribution in [0.4, 0.5) is 0 Å². The third-order valence-electron chi connectivity index (χ3n) is 9.50. The summed E-state index contributed by atoms with van der Waals surface area (Å²) < 4.78 is 24.1. The molecule has 5 unspecified atom stereocenters. The van der Waals surface area contributed by atoms with Crippen molar-refractivity contribution in [3.05, 3.63) is 35.7 Å². The average Bonchev–Trinajstić information content (AvgIpc) is 3.51. The van der Waals surface area contributed by atoms with E-state index < -0.39 is 77.8 Å². The van der Waals surface area contributed by atoms with Crippen LogP contribution in [0.2, 0.25) is 0 Å². The number of nitrogens with one attached hydrogen (secondary N) is 1. The summed E-state index contributed by atoms with van der Waals surface area (Å²) in [5.41, 5.74) is -0.0111. The minimum absolute atomic E-state index is 0.0827. The number of H-pyrrole nitrogens is 1. The van der Waals surface area contributed by atoms with Crippen molar-refractivity contribution in [2.75, 3.05) is 7.11 Å². The maximum atomic E-state index is 13.7. The smallest absolute Gasteiger partial charge is 0.355 e. The summed E-state index contributed by atoms with van der Waals surface area (Å²) in [6.07, 6.45) is -0.986. The molecule has 0 aromatic carbocycles. The Morgan fingerprint density at radius 3 is 2.69 bits per heavy atom. The number of rotatable bonds is 5. The number of esters is 2. The standard InChI is InChI=1S/C29H39NO9/c1-6-17-23(33)22-21-19(32)11-16-12-20(36-5)28(35)37-24(15(4)31)13(2)10-14(3)29(16,22)39-26(21)25(17)38-27(34)18-8-7-9-30-18/h7-10,13,15-17,20-26,30-31,33H,6,11-12H2,1-5H3/b14-10+/t13?,15?,16-,17-,20+,21-,22+,23?,24+,25-,26?,29?/m1/s1. The number of methoxy groups -OCH3 is 1. The predicted octanol–water partition coefficient (Wildman–Crippen LogP) is 2.19. The van der Waals surface area contributed by atoms with Crippen molar-refractivity contribution in [2.24, 2.45) is 29.6 Å². The second-order valence-electron chi connectivity index (χ2n) is 11.6. The van der Waals surface area contributed by atoms with Gasteiger partial charge in [0.15, 0.2) is 6.10 Å². The van der Waals surface area contributed by atoms with Crippen LogP contribution in [0.5, 0.6) is 0 Å². The van der Waals surface area contributed by atoms with Crippen LogP contribution in [-0.2, 0) is 28.5 Å². The van der Waals surface area contributed by atoms with Gasteiger partial charge in [0.1, 0.15) is 29.8 Å². The van der Waals surface area contributed by atoms with E-state index in [9.17, 15) is 24.6 Å². The van der Waals surface area contributed by atoms with Gasteiger partial charge in [-0.1, -0.05) is 19.9 Å². The summed E-state index contributed by atoms with van der Waals surface area (Å²) in [6.45, 7) is 7.25. The molecule has 1 aromatic heterocycles. The molecule has 4 bridgehead atoms. The Kier molecular flexibility index (Phi) is 7.52. The third-order valence-corrected chi connectivity index (χ3v) is 9.50. The lowest BCUT2D eigenvalue weighted by atomic mass is 9.54. The fourth-order valence-electron chi connectivity index (χ4n) is 7.80. The lowest BCUT2D eigenvalue weighted by molar-refractivity contribution is -0.174. The fourth-order valence-corrected chi connectivity index (χ4v) is 7.80. The number of carbonyl (C=O) groups excluding carboxylic acids is 3. The van der Waals surface area contributed by atoms with Crippen molar-refractivity contribution in [1.29, 1.82) is 0 Å². The van der Waals surface area contributed by atoms with Crippen molar-refractivity contribution in [3.8, 4) is 0 Å². The SMILES string of the molecule is CC[C@@H]1C(O)[C@@H]2[C@H]3C(=O)C[C@@H]4C[C@H](OC)C(=O)O[C@H](C(C)O)C(C)/C=C(\C)C42OC3[C@@H]1OC(=O)c1ccc[nH]1. The van der Waals surface area contributed by atoms with Gasteiger partial charge in [-0.05, 0) is 44.4 Å². The van der Waals surface area contributed by atoms with E-state index in [0.717, 1.165) is 5.57 Å². The number of hydrogen-bond acceptors (Lipinski definition) is 9. The molecule has 1 saturated heterocycles. The van der Waals surface area contributed by atoms with E-state index in [1.807, 2.05) is 26.8 Å². The summed E-state index contributed by atoms with van der Waals surface area (Å²) >= 11 is 0. The van der Waals surface area contributed by atoms with Crippen LogP contribution in [0.3, 0.4) is 0 Å². The Bertz CT molecular complexity index is 1130. The number of carbonyl (C=O) groups is 3. The zero-order valence-electron chi connectivity index (χ0n) is 23.0. The molecular weight excluding hydrogens is 506 g/mol. The van der Waals surface area contributed by atoms with Crippen molar-refractivity contribution in [3.63, 3.8) is 0 Å². The molecule has 4 aliphatic rings. The zero-order valence-corrected chi connectivity index (χ0v) is 23.0. The summed E-state index contributed by atoms with van der Waals surface area (Å²) in [5.74, 6) is -3.84. The van der Waals surface area contributed by atoms with Gasteiger partial charge in [0.2, 0.25) is 0 Å². The highest BCUT2D eigenvalue weighted by molar-refractivity contribution is 5.88. The summed E-state index contributed by atoms with van der Waals surface area (Å²) in [5, 5.41) is 22.3. The van der Waals surface area contributed by atoms with Crippen LogP contribution in [0.25, 0.3) is 0 Å². The molecule has 39 heavy (non-hydrogen) atoms. The van der Waals surface area contributed by atoms with Crippen LogP contribution in [0.15, 0.2) is 30.0 Å². The van der Waals surface area contributed by atoms with E-state index in [1.54, 1.807) is 25.3 Å². The molecule has 10 heteroatoms. The van der Waals surface area contributed by atoms with Crippen LogP contribution >= 0.6 is 0 Å². The lowest BCUT2D eigenvalue weighted by Gasteiger charge is -2.50. The number of cyclic esters (lactones) is 1. The summed E-state index contributed by atoms with van der Waals surface area (Å²) in [6, 6.07) is 3.30. The lowest BCUT2D eigenvalue weighted by Crippen LogP contribution is -2.61. The Labute approximate surface area is 228 Å². The molecule has 3 N–H and O–H groups in total. The molecule has 2 saturated carbocycles. The average molecular weight is 546 g/mol. The van der Waals surface area contributed by atoms with Crippen molar-refractivity contribution in [1.82, 2.24) is 4.98 Å². The first-order valence-electron chi connectivity index (χ1n) is 13.9. The van der Waals surface area contributed by atoms with Crippen LogP contribution < -0.4 is 0 Å². The molecule has 3 heterocycles. The molecule has 0 amide bonds. The largest absolute Gasteiger partial charge is 0.457 e. The molecule has 1 aromatic rings. The van der Waals surface area contributed by atoms with E-state index in [-0.39, 0.29) is 30.2 Å². The topological polar surface area (TPSA) is 144 Å². The van der Waals surface area contributed by atoms with Crippen molar-refractivity contribution < 1.29 is 43.5 Å². The number of aliphatic hydroxyl groups excluding tert-OH is 2. The summed E-state index contributed by atoms with van der Waals surface area (Å²) in [7, 11) is 1.41. The normalized spacial score (nSPS) is 44.0. The summed E-state index contributed by atoms with van der Waals surface area (Å²) in [4.78, 5) is 42.7. The van der Waals surface area contributed by atoms with Gasteiger partial charge in [0.05, 0.1) is 23.7 Å². The van der Waals surface area contributed by atoms with Gasteiger partial charge < -0.3 is 34.1 Å². The van der Waals surface area contributed by atoms with Crippen molar-refractivity contribution in [2.45, 2.75) is 89.2 Å². The molecule has 2 aliphatic heterocycles. The molecule has 2 aliphatic carbocycles. The van der Waals surface area contributed by atoms with E-state index in [0.29, 0.717) is 6.42 Å². The fraction of sp³-hybridized carbons (Fsp3) is 0.690. The molecule has 10 nitrogen and oxygen atoms in total. The first-order valence-corrected chi connectivity index (χ1v) is 13.9. The van der Waals surface area contributed by atoms with Gasteiger partial charge in [-0.3, -0.25) is 4.79 Å². The molecule has 12 atom stereocenters. The maximum absolute atomic E-state index is 13.7. The van der Waals surface area contributed by atoms with Gasteiger partial charge >= 0.3 is 11.9 Å². The first-order chi connectivity index (χ1) is 18.5. The van der Waals surface area contributed by atoms with Gasteiger partial charge in [0, 0.05) is 43.4 Å². The van der Waals surface area contributed by atoms with E-state index >= 15 is 0 Å². The zero-order chi connectivity index (χ0) is 28.2. The second kappa shape index (κ2) is 10.5. The van der Waals surface area contributed by atoms with Gasteiger partial charge in [-0.15, -0.1) is 0 Å². The second-order valence-corrected chi connectivity index (χ2v) is 11.6. The van der Waals surface area contributed by atoms with Crippen molar-refractivity contribution >= 4 is 17.7 Å². The minimum atomic E-state index is -1.09. The van der Waals surface area contributed by atoms with E-state index in [2.05, 4.69) is 4.98 Å². The number of aromatic amines is 1. The number of ether oxygens (including phenoxy) is 4. The third kappa shape index (κ3) is 4.36. The number of aromatic nitrogens is 1. The molecule has 5 rings (SSSR count). The molecule has 214 valence electrons. The maximum Gasteiger partial charge on any atom is 0.355 e. The number of hydrogen-bond donors (Lipinski definition) is 3. The Morgan fingerprint density at radius 2 is 2.08 bits per heavy atom. The Morgan fingerprint density at radius 1 is 1.33 bits per heavy atom. The molecule has 1 spiro atoms. The van der Waals surface area contributed by atoms with Crippen LogP contribution in [0.1, 0.15) is 57.4 Å². The highest BCUT2D eigenvalue weighted by Crippen LogP contribution is 2.62. The highest BCUT2D eigenvalue weighted by atomic mass is 16.6. The van der Waals surface area contributed by atoms with Gasteiger partial charge in [-0.25, -0.2) is 9.59 Å². The highest BCUT2D eigenvalue weighted by Gasteiger charge is 2.72. The predicted molar refractivity (Wildman–Crippen MR) is 137 cm³/mol. The molecular formula is C29H39NO9. The number of ketones is 1. The molecule has 0 radical (unpaired) electrons. The van der Waals surface area contributed by atoms with E-state index in [1.165, 1.54) is 7.11 Å². The first kappa shape index (κ1) is 28.0. The number of aliphatic hydroxyl groups is 2. The van der Waals surface area contributed by atoms with Gasteiger partial charge in [0.25, 0.3) is 0 Å². The van der Waals surface area contributed by atoms with E-state index in [4.69, 9.17) is 18.9 Å². The van der Waals surface area contributed by atoms with Crippen LogP contribution in [0, 0.1) is 29.6 Å². The van der Waals surface area contributed by atoms with Crippen LogP contribution in [-0.4, -0.2) is 82.3 Å². The quantitative estimate of drug-likeness (QED) is 0.375. The minimum Gasteiger partial charge on any atom is -0.457 e. The Balaban J connectivity index is 1.62. The number of Topliss-reactive ketones (excluding diaryl/α,β-unsaturated/α-hetero) is 1. The van der Waals surface area contributed by atoms with Gasteiger partial charge in [-0.2, -0.15) is 0 Å².